The maximum atomic E-state index is 10.0. The molecule has 0 amide bonds. The summed E-state index contributed by atoms with van der Waals surface area (Å²) >= 11 is 0. The Morgan fingerprint density at radius 2 is 1.89 bits per heavy atom. The van der Waals surface area contributed by atoms with Crippen molar-refractivity contribution in [1.82, 2.24) is 0 Å². The molecular weight excluding hydrogens is 240 g/mol. The van der Waals surface area contributed by atoms with Crippen LogP contribution < -0.4 is 4.74 Å². The van der Waals surface area contributed by atoms with E-state index in [0.717, 1.165) is 0 Å². The maximum absolute atomic E-state index is 10.0. The van der Waals surface area contributed by atoms with E-state index in [-0.39, 0.29) is 13.2 Å². The molecule has 1 aliphatic rings. The fourth-order valence-corrected chi connectivity index (χ4v) is 1.72. The number of hydrogen-bond acceptors (Lipinski definition) is 6. The molecule has 18 heavy (non-hydrogen) atoms. The van der Waals surface area contributed by atoms with Crippen LogP contribution >= 0.6 is 0 Å². The van der Waals surface area contributed by atoms with Gasteiger partial charge in [0, 0.05) is 0 Å². The minimum absolute atomic E-state index is 0.271. The third-order valence-corrected chi connectivity index (χ3v) is 2.87. The average molecular weight is 256 g/mol. The molecule has 0 spiro atoms. The monoisotopic (exact) mass is 256 g/mol. The second-order valence-electron chi connectivity index (χ2n) is 4.26. The summed E-state index contributed by atoms with van der Waals surface area (Å²) in [6, 6.07) is 8.70. The number of aliphatic hydroxyl groups excluding tert-OH is 3. The summed E-state index contributed by atoms with van der Waals surface area (Å²) in [6.45, 7) is -0.616. The van der Waals surface area contributed by atoms with Crippen LogP contribution in [-0.2, 0) is 4.74 Å². The van der Waals surface area contributed by atoms with Crippen LogP contribution in [0.4, 0.5) is 0 Å². The molecule has 2 rings (SSSR count). The molecule has 0 aliphatic carbocycles. The molecule has 4 atom stereocenters. The minimum Gasteiger partial charge on any atom is -0.488 e. The molecule has 0 radical (unpaired) electrons. The van der Waals surface area contributed by atoms with Crippen LogP contribution in [0.2, 0.25) is 0 Å². The van der Waals surface area contributed by atoms with Gasteiger partial charge in [-0.15, -0.1) is 0 Å². The highest BCUT2D eigenvalue weighted by Crippen LogP contribution is 2.25. The summed E-state index contributed by atoms with van der Waals surface area (Å²) in [4.78, 5) is 0. The third-order valence-electron chi connectivity index (χ3n) is 2.87. The highest BCUT2D eigenvalue weighted by Gasteiger charge is 2.49. The molecule has 1 fully saturated rings. The molecule has 4 N–H and O–H groups in total. The van der Waals surface area contributed by atoms with Crippen LogP contribution in [0.5, 0.6) is 5.75 Å². The molecule has 0 bridgehead atoms. The van der Waals surface area contributed by atoms with E-state index >= 15 is 0 Å². The van der Waals surface area contributed by atoms with Crippen molar-refractivity contribution in [2.24, 2.45) is 0 Å². The van der Waals surface area contributed by atoms with Crippen molar-refractivity contribution in [3.05, 3.63) is 30.3 Å². The first-order chi connectivity index (χ1) is 8.53. The van der Waals surface area contributed by atoms with E-state index < -0.39 is 24.1 Å². The first-order valence-corrected chi connectivity index (χ1v) is 5.61. The van der Waals surface area contributed by atoms with Gasteiger partial charge in [-0.25, -0.2) is 0 Å². The summed E-state index contributed by atoms with van der Waals surface area (Å²) in [5, 5.41) is 38.5. The topological polar surface area (TPSA) is 99.4 Å². The highest BCUT2D eigenvalue weighted by molar-refractivity contribution is 5.21. The lowest BCUT2D eigenvalue weighted by Crippen LogP contribution is -2.63. The summed E-state index contributed by atoms with van der Waals surface area (Å²) in [5.74, 6) is -1.53. The first kappa shape index (κ1) is 13.3. The lowest BCUT2D eigenvalue weighted by Gasteiger charge is -2.41. The number of para-hydroxylation sites is 1. The summed E-state index contributed by atoms with van der Waals surface area (Å²) in [6.07, 6.45) is -4.33. The molecule has 6 nitrogen and oxygen atoms in total. The number of hydrogen-bond donors (Lipinski definition) is 4. The van der Waals surface area contributed by atoms with Gasteiger partial charge in [0.05, 0.1) is 6.61 Å². The van der Waals surface area contributed by atoms with E-state index in [0.29, 0.717) is 5.75 Å². The van der Waals surface area contributed by atoms with Gasteiger partial charge in [0.2, 0.25) is 5.79 Å². The van der Waals surface area contributed by atoms with Crippen LogP contribution in [0.3, 0.4) is 0 Å². The zero-order valence-electron chi connectivity index (χ0n) is 9.64. The Kier molecular flexibility index (Phi) is 3.84. The van der Waals surface area contributed by atoms with Gasteiger partial charge in [0.1, 0.15) is 30.7 Å². The summed E-state index contributed by atoms with van der Waals surface area (Å²) in [7, 11) is 0. The van der Waals surface area contributed by atoms with E-state index in [4.69, 9.17) is 9.47 Å². The van der Waals surface area contributed by atoms with Gasteiger partial charge in [0.25, 0.3) is 0 Å². The minimum atomic E-state index is -2.03. The van der Waals surface area contributed by atoms with Crippen LogP contribution in [0.1, 0.15) is 0 Å². The van der Waals surface area contributed by atoms with Crippen molar-refractivity contribution in [3.8, 4) is 5.75 Å². The predicted octanol–water partition coefficient (Wildman–Crippen LogP) is -1.13. The standard InChI is InChI=1S/C12H16O6/c13-9-6-18-12(16,11(15)10(9)14)7-17-8-4-2-1-3-5-8/h1-5,9-11,13-16H,6-7H2/t9-,10+,11+,12-/m1/s1. The highest BCUT2D eigenvalue weighted by atomic mass is 16.7. The van der Waals surface area contributed by atoms with Gasteiger partial charge in [-0.05, 0) is 12.1 Å². The number of ether oxygens (including phenoxy) is 2. The van der Waals surface area contributed by atoms with Gasteiger partial charge >= 0.3 is 0 Å². The zero-order chi connectivity index (χ0) is 13.2. The van der Waals surface area contributed by atoms with Crippen molar-refractivity contribution in [1.29, 1.82) is 0 Å². The Balaban J connectivity index is 1.99. The Labute approximate surface area is 104 Å². The Hall–Kier alpha value is -1.18. The van der Waals surface area contributed by atoms with E-state index in [2.05, 4.69) is 0 Å². The van der Waals surface area contributed by atoms with Gasteiger partial charge < -0.3 is 29.9 Å². The molecule has 1 saturated heterocycles. The van der Waals surface area contributed by atoms with Crippen molar-refractivity contribution in [2.75, 3.05) is 13.2 Å². The van der Waals surface area contributed by atoms with Crippen molar-refractivity contribution >= 4 is 0 Å². The van der Waals surface area contributed by atoms with Crippen LogP contribution in [0, 0.1) is 0 Å². The molecule has 0 unspecified atom stereocenters. The SMILES string of the molecule is O[C@H]1[C@H](O)CO[C@](O)(COc2ccccc2)[C@H]1O. The smallest absolute Gasteiger partial charge is 0.230 e. The normalized spacial score (nSPS) is 36.3. The maximum Gasteiger partial charge on any atom is 0.230 e. The molecule has 1 aromatic carbocycles. The van der Waals surface area contributed by atoms with Gasteiger partial charge in [-0.1, -0.05) is 18.2 Å². The summed E-state index contributed by atoms with van der Waals surface area (Å²) in [5.41, 5.74) is 0. The van der Waals surface area contributed by atoms with Crippen LogP contribution in [0.15, 0.2) is 30.3 Å². The largest absolute Gasteiger partial charge is 0.488 e. The zero-order valence-corrected chi connectivity index (χ0v) is 9.64. The number of benzene rings is 1. The Morgan fingerprint density at radius 1 is 1.22 bits per heavy atom. The van der Waals surface area contributed by atoms with Crippen LogP contribution in [-0.4, -0.2) is 57.7 Å². The van der Waals surface area contributed by atoms with Crippen molar-refractivity contribution in [3.63, 3.8) is 0 Å². The average Bonchev–Trinajstić information content (AvgIpc) is 2.40. The van der Waals surface area contributed by atoms with Gasteiger partial charge in [0.15, 0.2) is 0 Å². The predicted molar refractivity (Wildman–Crippen MR) is 60.9 cm³/mol. The lowest BCUT2D eigenvalue weighted by molar-refractivity contribution is -0.328. The number of rotatable bonds is 3. The Bertz CT molecular complexity index is 383. The quantitative estimate of drug-likeness (QED) is 0.546. The molecule has 0 aromatic heterocycles. The second kappa shape index (κ2) is 5.21. The van der Waals surface area contributed by atoms with Crippen molar-refractivity contribution in [2.45, 2.75) is 24.1 Å². The fraction of sp³-hybridized carbons (Fsp3) is 0.500. The van der Waals surface area contributed by atoms with E-state index in [9.17, 15) is 20.4 Å². The second-order valence-corrected chi connectivity index (χ2v) is 4.26. The van der Waals surface area contributed by atoms with Crippen LogP contribution in [0.25, 0.3) is 0 Å². The lowest BCUT2D eigenvalue weighted by atomic mass is 9.97. The van der Waals surface area contributed by atoms with E-state index in [1.807, 2.05) is 6.07 Å². The van der Waals surface area contributed by atoms with Crippen molar-refractivity contribution < 1.29 is 29.9 Å². The molecule has 1 heterocycles. The molecule has 6 heteroatoms. The summed E-state index contributed by atoms with van der Waals surface area (Å²) < 4.78 is 10.2. The van der Waals surface area contributed by atoms with Gasteiger partial charge in [-0.2, -0.15) is 0 Å². The molecule has 0 saturated carbocycles. The first-order valence-electron chi connectivity index (χ1n) is 5.61. The molecule has 100 valence electrons. The fourth-order valence-electron chi connectivity index (χ4n) is 1.72. The molecule has 1 aromatic rings. The number of aliphatic hydroxyl groups is 4. The molecule has 1 aliphatic heterocycles. The third kappa shape index (κ3) is 2.63. The van der Waals surface area contributed by atoms with E-state index in [1.165, 1.54) is 0 Å². The molecular formula is C12H16O6. The van der Waals surface area contributed by atoms with Gasteiger partial charge in [-0.3, -0.25) is 0 Å². The van der Waals surface area contributed by atoms with E-state index in [1.54, 1.807) is 24.3 Å². The Morgan fingerprint density at radius 3 is 2.56 bits per heavy atom.